The molecule has 1 saturated heterocycles. The highest BCUT2D eigenvalue weighted by molar-refractivity contribution is 6.02. The van der Waals surface area contributed by atoms with Crippen molar-refractivity contribution in [3.05, 3.63) is 113 Å². The minimum absolute atomic E-state index is 0.00679. The Morgan fingerprint density at radius 2 is 1.69 bits per heavy atom. The molecule has 0 bridgehead atoms. The van der Waals surface area contributed by atoms with E-state index in [0.29, 0.717) is 19.4 Å². The molecule has 6 heteroatoms. The van der Waals surface area contributed by atoms with E-state index in [0.717, 1.165) is 33.9 Å². The molecular formula is C26H23FN3O2+. The molecule has 2 aliphatic rings. The number of amides is 1. The first-order valence-corrected chi connectivity index (χ1v) is 10.6. The molecule has 0 aromatic heterocycles. The average molecular weight is 428 g/mol. The molecule has 0 saturated carbocycles. The van der Waals surface area contributed by atoms with Gasteiger partial charge in [-0.15, -0.1) is 0 Å². The third-order valence-corrected chi connectivity index (χ3v) is 5.84. The number of carbonyl (C=O) groups is 1. The van der Waals surface area contributed by atoms with Crippen molar-refractivity contribution < 1.29 is 19.3 Å². The Hall–Kier alpha value is -3.93. The molecule has 2 aliphatic heterocycles. The summed E-state index contributed by atoms with van der Waals surface area (Å²) in [6, 6.07) is 22.9. The molecular weight excluding hydrogens is 405 g/mol. The van der Waals surface area contributed by atoms with Crippen LogP contribution in [0.5, 0.6) is 5.75 Å². The number of allylic oxidation sites excluding steroid dienone is 1. The van der Waals surface area contributed by atoms with Gasteiger partial charge in [-0.05, 0) is 47.5 Å². The lowest BCUT2D eigenvalue weighted by Crippen LogP contribution is -2.76. The predicted octanol–water partition coefficient (Wildman–Crippen LogP) is 1.87. The van der Waals surface area contributed by atoms with Gasteiger partial charge in [-0.3, -0.25) is 9.69 Å². The number of benzene rings is 3. The van der Waals surface area contributed by atoms with Crippen molar-refractivity contribution in [3.63, 3.8) is 0 Å². The van der Waals surface area contributed by atoms with Crippen LogP contribution in [0, 0.1) is 5.82 Å². The SMILES string of the molecule is O=C1C(Cc2ccc(F)cc2)NC2=C(Cc3ccccc3)[NH+]=C(c3ccc(O)cc3)CN12. The zero-order valence-corrected chi connectivity index (χ0v) is 17.4. The van der Waals surface area contributed by atoms with Crippen LogP contribution >= 0.6 is 0 Å². The first-order valence-electron chi connectivity index (χ1n) is 10.6. The van der Waals surface area contributed by atoms with E-state index in [1.54, 1.807) is 29.2 Å². The molecule has 0 spiro atoms. The van der Waals surface area contributed by atoms with Gasteiger partial charge >= 0.3 is 0 Å². The summed E-state index contributed by atoms with van der Waals surface area (Å²) in [5.74, 6) is 0.687. The average Bonchev–Trinajstić information content (AvgIpc) is 3.12. The van der Waals surface area contributed by atoms with Gasteiger partial charge < -0.3 is 10.4 Å². The fraction of sp³-hybridized carbons (Fsp3) is 0.154. The summed E-state index contributed by atoms with van der Waals surface area (Å²) in [5, 5.41) is 13.1. The van der Waals surface area contributed by atoms with Gasteiger partial charge in [0.15, 0.2) is 5.82 Å². The summed E-state index contributed by atoms with van der Waals surface area (Å²) in [7, 11) is 0. The van der Waals surface area contributed by atoms with Gasteiger partial charge in [0.25, 0.3) is 5.91 Å². The smallest absolute Gasteiger partial charge is 0.251 e. The van der Waals surface area contributed by atoms with Crippen LogP contribution < -0.4 is 10.3 Å². The number of halogens is 1. The van der Waals surface area contributed by atoms with Gasteiger partial charge in [0.1, 0.15) is 24.2 Å². The lowest BCUT2D eigenvalue weighted by atomic mass is 10.0. The zero-order chi connectivity index (χ0) is 22.1. The predicted molar refractivity (Wildman–Crippen MR) is 119 cm³/mol. The van der Waals surface area contributed by atoms with Crippen molar-refractivity contribution in [2.45, 2.75) is 18.9 Å². The summed E-state index contributed by atoms with van der Waals surface area (Å²) in [6.07, 6.45) is 1.12. The van der Waals surface area contributed by atoms with Crippen molar-refractivity contribution in [2.75, 3.05) is 6.54 Å². The maximum absolute atomic E-state index is 13.3. The summed E-state index contributed by atoms with van der Waals surface area (Å²) < 4.78 is 13.3. The summed E-state index contributed by atoms with van der Waals surface area (Å²) in [6.45, 7) is 0.407. The lowest BCUT2D eigenvalue weighted by Gasteiger charge is -2.20. The highest BCUT2D eigenvalue weighted by atomic mass is 19.1. The second-order valence-electron chi connectivity index (χ2n) is 8.09. The Labute approximate surface area is 185 Å². The molecule has 0 radical (unpaired) electrons. The number of fused-ring (bicyclic) bond motifs is 1. The van der Waals surface area contributed by atoms with E-state index in [1.165, 1.54) is 12.1 Å². The Bertz CT molecular complexity index is 1200. The molecule has 3 aromatic rings. The lowest BCUT2D eigenvalue weighted by molar-refractivity contribution is -0.406. The van der Waals surface area contributed by atoms with E-state index in [9.17, 15) is 14.3 Å². The van der Waals surface area contributed by atoms with Crippen LogP contribution in [0.25, 0.3) is 0 Å². The number of phenolic OH excluding ortho intramolecular Hbond substituents is 1. The van der Waals surface area contributed by atoms with E-state index in [1.807, 2.05) is 30.3 Å². The van der Waals surface area contributed by atoms with E-state index >= 15 is 0 Å². The third kappa shape index (κ3) is 3.99. The number of nitrogens with one attached hydrogen (secondary N) is 2. The van der Waals surface area contributed by atoms with Gasteiger partial charge in [-0.2, -0.15) is 0 Å². The van der Waals surface area contributed by atoms with Gasteiger partial charge in [0, 0.05) is 12.0 Å². The Morgan fingerprint density at radius 1 is 0.969 bits per heavy atom. The van der Waals surface area contributed by atoms with Crippen LogP contribution in [-0.4, -0.2) is 34.2 Å². The number of phenols is 1. The van der Waals surface area contributed by atoms with Crippen molar-refractivity contribution >= 4 is 11.6 Å². The maximum atomic E-state index is 13.3. The van der Waals surface area contributed by atoms with E-state index in [4.69, 9.17) is 0 Å². The van der Waals surface area contributed by atoms with Crippen LogP contribution in [0.15, 0.2) is 90.4 Å². The van der Waals surface area contributed by atoms with Gasteiger partial charge in [0.2, 0.25) is 11.4 Å². The summed E-state index contributed by atoms with van der Waals surface area (Å²) in [5.41, 5.74) is 4.77. The standard InChI is InChI=1S/C26H22FN3O2/c27-20-10-6-18(7-11-20)15-23-26(32)30-16-24(19-8-12-21(31)13-9-19)28-22(25(30)29-23)14-17-4-2-1-3-5-17/h1-13,23,29,31H,14-16H2/p+1. The number of carbonyl (C=O) groups excluding carboxylic acids is 1. The molecule has 0 aliphatic carbocycles. The Morgan fingerprint density at radius 3 is 2.41 bits per heavy atom. The molecule has 160 valence electrons. The quantitative estimate of drug-likeness (QED) is 0.581. The second kappa shape index (κ2) is 8.30. The molecule has 1 amide bonds. The molecule has 1 unspecified atom stereocenters. The minimum atomic E-state index is -0.415. The molecule has 5 rings (SSSR count). The summed E-state index contributed by atoms with van der Waals surface area (Å²) in [4.78, 5) is 18.6. The largest absolute Gasteiger partial charge is 0.508 e. The van der Waals surface area contributed by atoms with Crippen LogP contribution in [-0.2, 0) is 17.6 Å². The topological polar surface area (TPSA) is 66.5 Å². The normalized spacial score (nSPS) is 17.8. The number of aromatic hydroxyl groups is 1. The van der Waals surface area contributed by atoms with Crippen LogP contribution in [0.1, 0.15) is 16.7 Å². The molecule has 2 heterocycles. The van der Waals surface area contributed by atoms with Crippen LogP contribution in [0.4, 0.5) is 4.39 Å². The highest BCUT2D eigenvalue weighted by Crippen LogP contribution is 2.23. The van der Waals surface area contributed by atoms with Gasteiger partial charge in [-0.1, -0.05) is 42.5 Å². The first kappa shape index (κ1) is 20.0. The van der Waals surface area contributed by atoms with Crippen LogP contribution in [0.3, 0.4) is 0 Å². The molecule has 3 N–H and O–H groups in total. The van der Waals surface area contributed by atoms with Crippen LogP contribution in [0.2, 0.25) is 0 Å². The van der Waals surface area contributed by atoms with E-state index in [2.05, 4.69) is 22.4 Å². The van der Waals surface area contributed by atoms with Gasteiger partial charge in [0.05, 0.1) is 6.42 Å². The van der Waals surface area contributed by atoms with Crippen molar-refractivity contribution in [3.8, 4) is 5.75 Å². The van der Waals surface area contributed by atoms with Crippen molar-refractivity contribution in [1.82, 2.24) is 10.2 Å². The molecule has 32 heavy (non-hydrogen) atoms. The Balaban J connectivity index is 1.48. The Kier molecular flexibility index (Phi) is 5.19. The fourth-order valence-electron chi connectivity index (χ4n) is 4.20. The van der Waals surface area contributed by atoms with E-state index in [-0.39, 0.29) is 17.5 Å². The zero-order valence-electron chi connectivity index (χ0n) is 17.4. The number of rotatable bonds is 5. The molecule has 5 nitrogen and oxygen atoms in total. The third-order valence-electron chi connectivity index (χ3n) is 5.84. The van der Waals surface area contributed by atoms with Gasteiger partial charge in [-0.25, -0.2) is 9.38 Å². The minimum Gasteiger partial charge on any atom is -0.508 e. The fourth-order valence-corrected chi connectivity index (χ4v) is 4.20. The maximum Gasteiger partial charge on any atom is 0.251 e. The second-order valence-corrected chi connectivity index (χ2v) is 8.09. The first-order chi connectivity index (χ1) is 15.6. The highest BCUT2D eigenvalue weighted by Gasteiger charge is 2.42. The van der Waals surface area contributed by atoms with E-state index < -0.39 is 6.04 Å². The monoisotopic (exact) mass is 428 g/mol. The molecule has 1 atom stereocenters. The number of hydrogen-bond donors (Lipinski definition) is 3. The number of nitrogens with zero attached hydrogens (tertiary/aromatic N) is 1. The molecule has 3 aromatic carbocycles. The van der Waals surface area contributed by atoms with Crippen molar-refractivity contribution in [1.29, 1.82) is 0 Å². The number of hydrogen-bond acceptors (Lipinski definition) is 3. The molecule has 1 fully saturated rings. The summed E-state index contributed by atoms with van der Waals surface area (Å²) >= 11 is 0. The van der Waals surface area contributed by atoms with Crippen molar-refractivity contribution in [2.24, 2.45) is 0 Å².